The van der Waals surface area contributed by atoms with E-state index in [-0.39, 0.29) is 0 Å². The van der Waals surface area contributed by atoms with Crippen LogP contribution in [-0.2, 0) is 0 Å². The summed E-state index contributed by atoms with van der Waals surface area (Å²) in [4.78, 5) is 0. The Bertz CT molecular complexity index is 99.6. The molecule has 0 saturated carbocycles. The Morgan fingerprint density at radius 3 is 2.25 bits per heavy atom. The molecular weight excluding hydrogens is 115 g/mol. The van der Waals surface area contributed by atoms with Crippen LogP contribution in [0.25, 0.3) is 0 Å². The van der Waals surface area contributed by atoms with Crippen molar-refractivity contribution in [1.29, 1.82) is 0 Å². The van der Waals surface area contributed by atoms with Crippen molar-refractivity contribution in [2.24, 2.45) is 0 Å². The van der Waals surface area contributed by atoms with E-state index in [0.717, 1.165) is 0 Å². The molecule has 0 radical (unpaired) electrons. The van der Waals surface area contributed by atoms with Crippen LogP contribution in [0.2, 0.25) is 0 Å². The molecule has 8 heavy (non-hydrogen) atoms. The fraction of sp³-hybridized carbons (Fsp3) is 0.714. The Balaban J connectivity index is 2.60. The normalized spacial score (nSPS) is 21.8. The van der Waals surface area contributed by atoms with Gasteiger partial charge in [0.25, 0.3) is 0 Å². The molecule has 0 nitrogen and oxygen atoms in total. The first-order valence-electron chi connectivity index (χ1n) is 3.25. The maximum absolute atomic E-state index is 2.82. The average Bonchev–Trinajstić information content (AvgIpc) is 1.77. The van der Waals surface area contributed by atoms with Crippen molar-refractivity contribution in [2.45, 2.75) is 32.6 Å². The highest BCUT2D eigenvalue weighted by atomic mass is 31.0. The number of hydrogen-bond acceptors (Lipinski definition) is 0. The van der Waals surface area contributed by atoms with Gasteiger partial charge in [-0.25, -0.2) is 0 Å². The van der Waals surface area contributed by atoms with Gasteiger partial charge in [0.2, 0.25) is 0 Å². The highest BCUT2D eigenvalue weighted by Gasteiger charge is 2.02. The standard InChI is InChI=1S/C7H13P/c1-6-4-2-3-5-7(6)8/h2-5,8H2,1H3. The Morgan fingerprint density at radius 1 is 1.25 bits per heavy atom. The van der Waals surface area contributed by atoms with Crippen molar-refractivity contribution in [3.05, 3.63) is 10.9 Å². The summed E-state index contributed by atoms with van der Waals surface area (Å²) in [6.07, 6.45) is 5.45. The molecule has 0 aromatic rings. The van der Waals surface area contributed by atoms with E-state index in [2.05, 4.69) is 16.2 Å². The molecule has 1 unspecified atom stereocenters. The molecule has 0 heterocycles. The monoisotopic (exact) mass is 128 g/mol. The van der Waals surface area contributed by atoms with E-state index >= 15 is 0 Å². The third-order valence-corrected chi connectivity index (χ3v) is 2.58. The zero-order valence-electron chi connectivity index (χ0n) is 5.41. The van der Waals surface area contributed by atoms with Gasteiger partial charge in [0.1, 0.15) is 0 Å². The summed E-state index contributed by atoms with van der Waals surface area (Å²) >= 11 is 0. The van der Waals surface area contributed by atoms with Crippen molar-refractivity contribution < 1.29 is 0 Å². The number of rotatable bonds is 0. The minimum absolute atomic E-state index is 1.32. The first-order chi connectivity index (χ1) is 3.80. The third kappa shape index (κ3) is 1.32. The molecule has 0 aromatic carbocycles. The van der Waals surface area contributed by atoms with Crippen LogP contribution < -0.4 is 0 Å². The zero-order valence-corrected chi connectivity index (χ0v) is 6.56. The minimum atomic E-state index is 1.32. The van der Waals surface area contributed by atoms with Crippen LogP contribution in [-0.4, -0.2) is 0 Å². The van der Waals surface area contributed by atoms with E-state index in [1.807, 2.05) is 0 Å². The molecule has 0 N–H and O–H groups in total. The SMILES string of the molecule is CC1=C(P)CCCC1. The molecule has 0 spiro atoms. The molecule has 1 heteroatoms. The van der Waals surface area contributed by atoms with E-state index < -0.39 is 0 Å². The molecule has 0 aromatic heterocycles. The first kappa shape index (κ1) is 6.29. The van der Waals surface area contributed by atoms with Crippen LogP contribution >= 0.6 is 9.24 Å². The molecule has 0 amide bonds. The topological polar surface area (TPSA) is 0 Å². The van der Waals surface area contributed by atoms with Gasteiger partial charge < -0.3 is 0 Å². The maximum Gasteiger partial charge on any atom is -0.0280 e. The molecule has 46 valence electrons. The van der Waals surface area contributed by atoms with Crippen molar-refractivity contribution in [3.8, 4) is 0 Å². The predicted octanol–water partition coefficient (Wildman–Crippen LogP) is 2.71. The zero-order chi connectivity index (χ0) is 5.98. The van der Waals surface area contributed by atoms with Gasteiger partial charge in [-0.2, -0.15) is 0 Å². The Kier molecular flexibility index (Phi) is 2.08. The predicted molar refractivity (Wildman–Crippen MR) is 40.9 cm³/mol. The van der Waals surface area contributed by atoms with Crippen LogP contribution in [0.5, 0.6) is 0 Å². The minimum Gasteiger partial charge on any atom is -0.110 e. The van der Waals surface area contributed by atoms with E-state index in [4.69, 9.17) is 0 Å². The largest absolute Gasteiger partial charge is 0.110 e. The summed E-state index contributed by atoms with van der Waals surface area (Å²) < 4.78 is 0. The second kappa shape index (κ2) is 2.64. The van der Waals surface area contributed by atoms with Gasteiger partial charge in [0, 0.05) is 0 Å². The van der Waals surface area contributed by atoms with Crippen molar-refractivity contribution >= 4 is 9.24 Å². The highest BCUT2D eigenvalue weighted by molar-refractivity contribution is 7.22. The molecule has 0 aliphatic heterocycles. The molecule has 1 rings (SSSR count). The fourth-order valence-electron chi connectivity index (χ4n) is 1.08. The summed E-state index contributed by atoms with van der Waals surface area (Å²) in [5.74, 6) is 0. The van der Waals surface area contributed by atoms with Crippen LogP contribution in [0.3, 0.4) is 0 Å². The second-order valence-corrected chi connectivity index (χ2v) is 3.21. The van der Waals surface area contributed by atoms with E-state index in [1.165, 1.54) is 25.7 Å². The van der Waals surface area contributed by atoms with Gasteiger partial charge >= 0.3 is 0 Å². The molecule has 0 saturated heterocycles. The van der Waals surface area contributed by atoms with Crippen molar-refractivity contribution in [3.63, 3.8) is 0 Å². The second-order valence-electron chi connectivity index (χ2n) is 2.51. The van der Waals surface area contributed by atoms with Crippen LogP contribution in [0.15, 0.2) is 10.9 Å². The van der Waals surface area contributed by atoms with Crippen LogP contribution in [0, 0.1) is 0 Å². The van der Waals surface area contributed by atoms with Crippen LogP contribution in [0.1, 0.15) is 32.6 Å². The number of allylic oxidation sites excluding steroid dienone is 2. The van der Waals surface area contributed by atoms with Gasteiger partial charge in [0.15, 0.2) is 0 Å². The lowest BCUT2D eigenvalue weighted by molar-refractivity contribution is 0.694. The van der Waals surface area contributed by atoms with Gasteiger partial charge in [-0.05, 0) is 32.6 Å². The van der Waals surface area contributed by atoms with Crippen LogP contribution in [0.4, 0.5) is 0 Å². The van der Waals surface area contributed by atoms with E-state index in [9.17, 15) is 0 Å². The average molecular weight is 128 g/mol. The van der Waals surface area contributed by atoms with E-state index in [1.54, 1.807) is 10.9 Å². The number of hydrogen-bond donors (Lipinski definition) is 0. The lowest BCUT2D eigenvalue weighted by atomic mass is 10.0. The molecule has 0 bridgehead atoms. The molecule has 1 atom stereocenters. The first-order valence-corrected chi connectivity index (χ1v) is 3.82. The van der Waals surface area contributed by atoms with Gasteiger partial charge in [-0.15, -0.1) is 9.24 Å². The quantitative estimate of drug-likeness (QED) is 0.440. The summed E-state index contributed by atoms with van der Waals surface area (Å²) in [6.45, 7) is 2.24. The lowest BCUT2D eigenvalue weighted by Crippen LogP contribution is -1.90. The third-order valence-electron chi connectivity index (χ3n) is 1.80. The molecule has 1 aliphatic rings. The fourth-order valence-corrected chi connectivity index (χ4v) is 1.43. The Morgan fingerprint density at radius 2 is 1.88 bits per heavy atom. The van der Waals surface area contributed by atoms with Gasteiger partial charge in [-0.1, -0.05) is 10.9 Å². The smallest absolute Gasteiger partial charge is 0.0280 e. The Hall–Kier alpha value is 0.170. The summed E-state index contributed by atoms with van der Waals surface area (Å²) in [5, 5.41) is 1.55. The summed E-state index contributed by atoms with van der Waals surface area (Å²) in [6, 6.07) is 0. The maximum atomic E-state index is 2.82. The van der Waals surface area contributed by atoms with Crippen molar-refractivity contribution in [1.82, 2.24) is 0 Å². The van der Waals surface area contributed by atoms with E-state index in [0.29, 0.717) is 0 Å². The highest BCUT2D eigenvalue weighted by Crippen LogP contribution is 2.27. The molecular formula is C7H13P. The van der Waals surface area contributed by atoms with Gasteiger partial charge in [0.05, 0.1) is 0 Å². The molecule has 1 aliphatic carbocycles. The van der Waals surface area contributed by atoms with Gasteiger partial charge in [-0.3, -0.25) is 0 Å². The summed E-state index contributed by atoms with van der Waals surface area (Å²) in [5.41, 5.74) is 1.60. The Labute approximate surface area is 53.6 Å². The lowest BCUT2D eigenvalue weighted by Gasteiger charge is -2.12. The van der Waals surface area contributed by atoms with Crippen molar-refractivity contribution in [2.75, 3.05) is 0 Å². The molecule has 0 fully saturated rings. The summed E-state index contributed by atoms with van der Waals surface area (Å²) in [7, 11) is 2.82.